The molecule has 2 amide bonds. The smallest absolute Gasteiger partial charge is 0.243 e. The lowest BCUT2D eigenvalue weighted by Gasteiger charge is -2.32. The van der Waals surface area contributed by atoms with E-state index >= 15 is 0 Å². The van der Waals surface area contributed by atoms with Crippen LogP contribution in [-0.4, -0.2) is 42.0 Å². The summed E-state index contributed by atoms with van der Waals surface area (Å²) in [4.78, 5) is 29.0. The molecule has 0 bridgehead atoms. The molecule has 0 fully saturated rings. The SMILES string of the molecule is CC(C)NC(=O)[C@H](Cc1ccccc1)N(Cc1cccc(Br)c1)C(=O)CCc1ccc2c(c1)OCCO2. The number of nitrogens with one attached hydrogen (secondary N) is 1. The Balaban J connectivity index is 1.59. The van der Waals surface area contributed by atoms with Crippen LogP contribution >= 0.6 is 15.9 Å². The van der Waals surface area contributed by atoms with Crippen molar-refractivity contribution in [1.29, 1.82) is 0 Å². The van der Waals surface area contributed by atoms with E-state index in [0.717, 1.165) is 26.9 Å². The number of carbonyl (C=O) groups excluding carboxylic acids is 2. The number of ether oxygens (including phenoxy) is 2. The third-order valence-electron chi connectivity index (χ3n) is 6.18. The van der Waals surface area contributed by atoms with Gasteiger partial charge in [-0.25, -0.2) is 0 Å². The van der Waals surface area contributed by atoms with Crippen LogP contribution in [0.15, 0.2) is 77.3 Å². The fraction of sp³-hybridized carbons (Fsp3) is 0.333. The van der Waals surface area contributed by atoms with Gasteiger partial charge in [0.15, 0.2) is 11.5 Å². The average Bonchev–Trinajstić information content (AvgIpc) is 2.89. The van der Waals surface area contributed by atoms with Crippen LogP contribution in [0.3, 0.4) is 0 Å². The van der Waals surface area contributed by atoms with E-state index in [9.17, 15) is 9.59 Å². The molecule has 0 unspecified atom stereocenters. The lowest BCUT2D eigenvalue weighted by atomic mass is 10.0. The Kier molecular flexibility index (Phi) is 9.23. The maximum Gasteiger partial charge on any atom is 0.243 e. The third kappa shape index (κ3) is 7.59. The first kappa shape index (κ1) is 26.7. The number of rotatable bonds is 10. The van der Waals surface area contributed by atoms with Crippen LogP contribution in [0.1, 0.15) is 37.0 Å². The minimum atomic E-state index is -0.642. The van der Waals surface area contributed by atoms with Crippen LogP contribution in [0.25, 0.3) is 0 Å². The Morgan fingerprint density at radius 1 is 0.892 bits per heavy atom. The molecular formula is C30H33BrN2O4. The molecule has 3 aromatic carbocycles. The van der Waals surface area contributed by atoms with E-state index in [0.29, 0.717) is 38.3 Å². The number of nitrogens with zero attached hydrogens (tertiary/aromatic N) is 1. The second kappa shape index (κ2) is 12.8. The molecule has 6 nitrogen and oxygen atoms in total. The van der Waals surface area contributed by atoms with Gasteiger partial charge in [0.2, 0.25) is 11.8 Å². The van der Waals surface area contributed by atoms with Crippen LogP contribution in [0.4, 0.5) is 0 Å². The van der Waals surface area contributed by atoms with Crippen molar-refractivity contribution in [3.63, 3.8) is 0 Å². The maximum atomic E-state index is 13.8. The van der Waals surface area contributed by atoms with Crippen LogP contribution < -0.4 is 14.8 Å². The fourth-order valence-corrected chi connectivity index (χ4v) is 4.85. The highest BCUT2D eigenvalue weighted by Gasteiger charge is 2.30. The molecule has 0 aliphatic carbocycles. The lowest BCUT2D eigenvalue weighted by molar-refractivity contribution is -0.141. The van der Waals surface area contributed by atoms with Crippen molar-refractivity contribution in [2.75, 3.05) is 13.2 Å². The number of carbonyl (C=O) groups is 2. The van der Waals surface area contributed by atoms with Gasteiger partial charge in [-0.05, 0) is 61.2 Å². The largest absolute Gasteiger partial charge is 0.486 e. The second-order valence-corrected chi connectivity index (χ2v) is 10.4. The number of hydrogen-bond acceptors (Lipinski definition) is 4. The summed E-state index contributed by atoms with van der Waals surface area (Å²) in [6.07, 6.45) is 1.24. The van der Waals surface area contributed by atoms with Gasteiger partial charge in [0.1, 0.15) is 19.3 Å². The molecule has 1 aliphatic rings. The number of fused-ring (bicyclic) bond motifs is 1. The monoisotopic (exact) mass is 564 g/mol. The molecule has 3 aromatic rings. The first-order chi connectivity index (χ1) is 17.9. The standard InChI is InChI=1S/C30H33BrN2O4/c1-21(2)32-30(35)26(18-22-7-4-3-5-8-22)33(20-24-9-6-10-25(31)17-24)29(34)14-12-23-11-13-27-28(19-23)37-16-15-36-27/h3-11,13,17,19,21,26H,12,14-16,18,20H2,1-2H3,(H,32,35)/t26-/m0/s1. The minimum absolute atomic E-state index is 0.0358. The quantitative estimate of drug-likeness (QED) is 0.362. The molecule has 0 aromatic heterocycles. The fourth-order valence-electron chi connectivity index (χ4n) is 4.40. The average molecular weight is 566 g/mol. The zero-order valence-electron chi connectivity index (χ0n) is 21.3. The number of amides is 2. The first-order valence-electron chi connectivity index (χ1n) is 12.7. The van der Waals surface area contributed by atoms with E-state index in [1.807, 2.05) is 86.6 Å². The predicted octanol–water partition coefficient (Wildman–Crippen LogP) is 5.32. The topological polar surface area (TPSA) is 67.9 Å². The van der Waals surface area contributed by atoms with Gasteiger partial charge in [0.25, 0.3) is 0 Å². The van der Waals surface area contributed by atoms with Gasteiger partial charge in [0, 0.05) is 29.9 Å². The summed E-state index contributed by atoms with van der Waals surface area (Å²) < 4.78 is 12.3. The number of halogens is 1. The minimum Gasteiger partial charge on any atom is -0.486 e. The van der Waals surface area contributed by atoms with E-state index in [-0.39, 0.29) is 24.3 Å². The van der Waals surface area contributed by atoms with Crippen molar-refractivity contribution in [1.82, 2.24) is 10.2 Å². The van der Waals surface area contributed by atoms with Gasteiger partial charge in [-0.3, -0.25) is 9.59 Å². The Morgan fingerprint density at radius 2 is 1.62 bits per heavy atom. The zero-order chi connectivity index (χ0) is 26.2. The molecule has 7 heteroatoms. The summed E-state index contributed by atoms with van der Waals surface area (Å²) in [7, 11) is 0. The molecule has 1 aliphatic heterocycles. The van der Waals surface area contributed by atoms with Crippen molar-refractivity contribution in [2.24, 2.45) is 0 Å². The van der Waals surface area contributed by atoms with Gasteiger partial charge >= 0.3 is 0 Å². The summed E-state index contributed by atoms with van der Waals surface area (Å²) in [5.74, 6) is 1.21. The van der Waals surface area contributed by atoms with Crippen molar-refractivity contribution in [2.45, 2.75) is 51.7 Å². The summed E-state index contributed by atoms with van der Waals surface area (Å²) >= 11 is 3.53. The number of hydrogen-bond donors (Lipinski definition) is 1. The predicted molar refractivity (Wildman–Crippen MR) is 148 cm³/mol. The van der Waals surface area contributed by atoms with E-state index in [4.69, 9.17) is 9.47 Å². The van der Waals surface area contributed by atoms with Crippen molar-refractivity contribution in [3.05, 3.63) is 94.0 Å². The van der Waals surface area contributed by atoms with E-state index in [1.165, 1.54) is 0 Å². The Bertz CT molecular complexity index is 1220. The van der Waals surface area contributed by atoms with Crippen molar-refractivity contribution >= 4 is 27.7 Å². The summed E-state index contributed by atoms with van der Waals surface area (Å²) in [5.41, 5.74) is 2.95. The molecule has 37 heavy (non-hydrogen) atoms. The second-order valence-electron chi connectivity index (χ2n) is 9.50. The third-order valence-corrected chi connectivity index (χ3v) is 6.67. The first-order valence-corrected chi connectivity index (χ1v) is 13.4. The molecule has 0 radical (unpaired) electrons. The molecule has 0 spiro atoms. The number of benzene rings is 3. The Labute approximate surface area is 227 Å². The van der Waals surface area contributed by atoms with Crippen LogP contribution in [0.5, 0.6) is 11.5 Å². The van der Waals surface area contributed by atoms with E-state index < -0.39 is 6.04 Å². The zero-order valence-corrected chi connectivity index (χ0v) is 22.9. The van der Waals surface area contributed by atoms with E-state index in [1.54, 1.807) is 4.90 Å². The highest BCUT2D eigenvalue weighted by molar-refractivity contribution is 9.10. The number of aryl methyl sites for hydroxylation is 1. The van der Waals surface area contributed by atoms with E-state index in [2.05, 4.69) is 21.2 Å². The normalized spacial score (nSPS) is 13.2. The summed E-state index contributed by atoms with van der Waals surface area (Å²) in [5, 5.41) is 3.03. The van der Waals surface area contributed by atoms with Gasteiger partial charge in [-0.15, -0.1) is 0 Å². The maximum absolute atomic E-state index is 13.8. The Morgan fingerprint density at radius 3 is 2.35 bits per heavy atom. The molecule has 0 saturated carbocycles. The highest BCUT2D eigenvalue weighted by atomic mass is 79.9. The van der Waals surface area contributed by atoms with Gasteiger partial charge in [-0.2, -0.15) is 0 Å². The molecule has 194 valence electrons. The summed E-state index contributed by atoms with van der Waals surface area (Å²) in [6.45, 7) is 5.25. The van der Waals surface area contributed by atoms with Crippen LogP contribution in [0.2, 0.25) is 0 Å². The highest BCUT2D eigenvalue weighted by Crippen LogP contribution is 2.31. The van der Waals surface area contributed by atoms with Crippen molar-refractivity contribution in [3.8, 4) is 11.5 Å². The molecule has 1 N–H and O–H groups in total. The molecule has 1 heterocycles. The van der Waals surface area contributed by atoms with Gasteiger partial charge in [-0.1, -0.05) is 64.5 Å². The Hall–Kier alpha value is -3.32. The summed E-state index contributed by atoms with van der Waals surface area (Å²) in [6, 6.07) is 22.8. The lowest BCUT2D eigenvalue weighted by Crippen LogP contribution is -2.51. The van der Waals surface area contributed by atoms with Crippen molar-refractivity contribution < 1.29 is 19.1 Å². The van der Waals surface area contributed by atoms with Crippen LogP contribution in [-0.2, 0) is 29.0 Å². The van der Waals surface area contributed by atoms with Gasteiger partial charge in [0.05, 0.1) is 0 Å². The van der Waals surface area contributed by atoms with Gasteiger partial charge < -0.3 is 19.7 Å². The molecule has 1 atom stereocenters. The molecule has 0 saturated heterocycles. The van der Waals surface area contributed by atoms with Crippen LogP contribution in [0, 0.1) is 0 Å². The molecular weight excluding hydrogens is 532 g/mol. The molecule has 4 rings (SSSR count).